The number of amides is 1. The highest BCUT2D eigenvalue weighted by Gasteiger charge is 2.21. The van der Waals surface area contributed by atoms with Gasteiger partial charge in [0.25, 0.3) is 0 Å². The monoisotopic (exact) mass is 299 g/mol. The Labute approximate surface area is 119 Å². The van der Waals surface area contributed by atoms with Gasteiger partial charge in [-0.15, -0.1) is 0 Å². The van der Waals surface area contributed by atoms with Gasteiger partial charge < -0.3 is 0 Å². The highest BCUT2D eigenvalue weighted by Crippen LogP contribution is 2.29. The van der Waals surface area contributed by atoms with Crippen LogP contribution in [0.3, 0.4) is 0 Å². The van der Waals surface area contributed by atoms with Crippen LogP contribution >= 0.6 is 0 Å². The Morgan fingerprint density at radius 2 is 2.25 bits per heavy atom. The van der Waals surface area contributed by atoms with Gasteiger partial charge in [-0.05, 0) is 24.8 Å². The molecule has 6 nitrogen and oxygen atoms in total. The van der Waals surface area contributed by atoms with E-state index in [1.54, 1.807) is 17.9 Å². The molecule has 0 atom stereocenters. The Hall–Kier alpha value is -1.37. The number of nitrogens with zero attached hydrogens (tertiary/aromatic N) is 2. The number of aromatic nitrogens is 2. The molecule has 112 valence electrons. The molecule has 1 heterocycles. The highest BCUT2D eigenvalue weighted by atomic mass is 32.2. The predicted molar refractivity (Wildman–Crippen MR) is 75.4 cm³/mol. The Morgan fingerprint density at radius 1 is 1.50 bits per heavy atom. The molecule has 1 aromatic rings. The largest absolute Gasteiger partial charge is 0.274 e. The van der Waals surface area contributed by atoms with Gasteiger partial charge in [0.1, 0.15) is 0 Å². The number of nitrogens with one attached hydrogen (secondary N) is 1. The van der Waals surface area contributed by atoms with Crippen LogP contribution in [-0.4, -0.2) is 29.9 Å². The number of hydrogen-bond acceptors (Lipinski definition) is 4. The van der Waals surface area contributed by atoms with Crippen LogP contribution in [0, 0.1) is 5.92 Å². The first kappa shape index (κ1) is 15.0. The average Bonchev–Trinajstić information content (AvgIpc) is 2.69. The molecule has 0 bridgehead atoms. The zero-order valence-electron chi connectivity index (χ0n) is 11.7. The third kappa shape index (κ3) is 4.33. The van der Waals surface area contributed by atoms with Crippen molar-refractivity contribution in [3.8, 4) is 0 Å². The number of rotatable bonds is 7. The molecule has 1 aliphatic rings. The minimum atomic E-state index is -3.48. The highest BCUT2D eigenvalue weighted by molar-refractivity contribution is 7.90. The van der Waals surface area contributed by atoms with E-state index < -0.39 is 15.9 Å². The molecule has 0 spiro atoms. The van der Waals surface area contributed by atoms with E-state index in [-0.39, 0.29) is 12.2 Å². The number of aryl methyl sites for hydroxylation is 2. The van der Waals surface area contributed by atoms with E-state index in [2.05, 4.69) is 9.82 Å². The van der Waals surface area contributed by atoms with Gasteiger partial charge in [0, 0.05) is 25.4 Å². The second-order valence-corrected chi connectivity index (χ2v) is 7.22. The lowest BCUT2D eigenvalue weighted by Gasteiger charge is -2.24. The number of hydrogen-bond donors (Lipinski definition) is 1. The van der Waals surface area contributed by atoms with Gasteiger partial charge in [-0.2, -0.15) is 5.10 Å². The van der Waals surface area contributed by atoms with Crippen LogP contribution < -0.4 is 4.72 Å². The van der Waals surface area contributed by atoms with E-state index in [1.165, 1.54) is 6.42 Å². The molecule has 1 aromatic heterocycles. The van der Waals surface area contributed by atoms with Gasteiger partial charge in [-0.1, -0.05) is 19.3 Å². The Morgan fingerprint density at radius 3 is 2.80 bits per heavy atom. The van der Waals surface area contributed by atoms with Crippen molar-refractivity contribution in [1.82, 2.24) is 14.5 Å². The molecule has 0 aromatic carbocycles. The molecule has 20 heavy (non-hydrogen) atoms. The number of sulfonamides is 1. The van der Waals surface area contributed by atoms with Gasteiger partial charge in [-0.25, -0.2) is 8.42 Å². The SMILES string of the molecule is Cn1nccc1CCC(=O)NS(=O)(=O)CCC1CCC1. The second kappa shape index (κ2) is 6.39. The van der Waals surface area contributed by atoms with Crippen LogP contribution in [-0.2, 0) is 28.3 Å². The summed E-state index contributed by atoms with van der Waals surface area (Å²) in [7, 11) is -1.68. The Balaban J connectivity index is 1.73. The second-order valence-electron chi connectivity index (χ2n) is 5.38. The standard InChI is InChI=1S/C13H21N3O3S/c1-16-12(7-9-14-16)5-6-13(17)15-20(18,19)10-8-11-3-2-4-11/h7,9,11H,2-6,8,10H2,1H3,(H,15,17). The van der Waals surface area contributed by atoms with E-state index in [0.29, 0.717) is 18.8 Å². The van der Waals surface area contributed by atoms with E-state index >= 15 is 0 Å². The maximum atomic E-state index is 11.8. The smallest absolute Gasteiger partial charge is 0.234 e. The van der Waals surface area contributed by atoms with E-state index in [4.69, 9.17) is 0 Å². The quantitative estimate of drug-likeness (QED) is 0.814. The fraction of sp³-hybridized carbons (Fsp3) is 0.692. The molecule has 2 rings (SSSR count). The molecule has 0 saturated heterocycles. The summed E-state index contributed by atoms with van der Waals surface area (Å²) >= 11 is 0. The van der Waals surface area contributed by atoms with E-state index in [0.717, 1.165) is 18.5 Å². The summed E-state index contributed by atoms with van der Waals surface area (Å²) in [4.78, 5) is 11.7. The fourth-order valence-electron chi connectivity index (χ4n) is 2.27. The Kier molecular flexibility index (Phi) is 4.80. The summed E-state index contributed by atoms with van der Waals surface area (Å²) in [6, 6.07) is 1.82. The van der Waals surface area contributed by atoms with E-state index in [9.17, 15) is 13.2 Å². The molecule has 0 unspecified atom stereocenters. The maximum Gasteiger partial charge on any atom is 0.234 e. The van der Waals surface area contributed by atoms with Crippen LogP contribution in [0.15, 0.2) is 12.3 Å². The topological polar surface area (TPSA) is 81.1 Å². The minimum Gasteiger partial charge on any atom is -0.274 e. The van der Waals surface area contributed by atoms with Crippen LogP contribution in [0.4, 0.5) is 0 Å². The first-order valence-electron chi connectivity index (χ1n) is 6.96. The first-order chi connectivity index (χ1) is 9.46. The zero-order chi connectivity index (χ0) is 14.6. The van der Waals surface area contributed by atoms with Gasteiger partial charge in [0.2, 0.25) is 15.9 Å². The van der Waals surface area contributed by atoms with Gasteiger partial charge in [-0.3, -0.25) is 14.2 Å². The van der Waals surface area contributed by atoms with Gasteiger partial charge in [0.15, 0.2) is 0 Å². The molecular weight excluding hydrogens is 278 g/mol. The molecular formula is C13H21N3O3S. The number of carbonyl (C=O) groups excluding carboxylic acids is 1. The zero-order valence-corrected chi connectivity index (χ0v) is 12.5. The van der Waals surface area contributed by atoms with Gasteiger partial charge >= 0.3 is 0 Å². The summed E-state index contributed by atoms with van der Waals surface area (Å²) in [5, 5.41) is 4.00. The summed E-state index contributed by atoms with van der Waals surface area (Å²) in [5.41, 5.74) is 0.909. The minimum absolute atomic E-state index is 0.0507. The molecule has 1 saturated carbocycles. The third-order valence-electron chi connectivity index (χ3n) is 3.82. The normalized spacial score (nSPS) is 15.8. The van der Waals surface area contributed by atoms with Crippen molar-refractivity contribution in [1.29, 1.82) is 0 Å². The van der Waals surface area contributed by atoms with Crippen LogP contribution in [0.5, 0.6) is 0 Å². The van der Waals surface area contributed by atoms with Crippen molar-refractivity contribution >= 4 is 15.9 Å². The van der Waals surface area contributed by atoms with Crippen LogP contribution in [0.25, 0.3) is 0 Å². The lowest BCUT2D eigenvalue weighted by atomic mass is 9.84. The van der Waals surface area contributed by atoms with Crippen molar-refractivity contribution < 1.29 is 13.2 Å². The summed E-state index contributed by atoms with van der Waals surface area (Å²) in [5.74, 6) is 0.130. The number of carbonyl (C=O) groups is 1. The van der Waals surface area contributed by atoms with Crippen molar-refractivity contribution in [2.45, 2.75) is 38.5 Å². The Bertz CT molecular complexity index is 561. The van der Waals surface area contributed by atoms with Crippen molar-refractivity contribution in [3.63, 3.8) is 0 Å². The lowest BCUT2D eigenvalue weighted by molar-refractivity contribution is -0.119. The van der Waals surface area contributed by atoms with Gasteiger partial charge in [0.05, 0.1) is 5.75 Å². The average molecular weight is 299 g/mol. The molecule has 0 radical (unpaired) electrons. The molecule has 1 fully saturated rings. The fourth-order valence-corrected chi connectivity index (χ4v) is 3.46. The third-order valence-corrected chi connectivity index (χ3v) is 5.13. The van der Waals surface area contributed by atoms with Crippen molar-refractivity contribution in [2.75, 3.05) is 5.75 Å². The van der Waals surface area contributed by atoms with Crippen molar-refractivity contribution in [2.24, 2.45) is 13.0 Å². The molecule has 0 aliphatic heterocycles. The lowest BCUT2D eigenvalue weighted by Crippen LogP contribution is -2.33. The van der Waals surface area contributed by atoms with Crippen molar-refractivity contribution in [3.05, 3.63) is 18.0 Å². The first-order valence-corrected chi connectivity index (χ1v) is 8.62. The maximum absolute atomic E-state index is 11.8. The van der Waals surface area contributed by atoms with Crippen LogP contribution in [0.2, 0.25) is 0 Å². The molecule has 1 N–H and O–H groups in total. The summed E-state index contributed by atoms with van der Waals surface area (Å²) in [6.07, 6.45) is 6.38. The van der Waals surface area contributed by atoms with E-state index in [1.807, 2.05) is 6.07 Å². The summed E-state index contributed by atoms with van der Waals surface area (Å²) < 4.78 is 27.4. The predicted octanol–water partition coefficient (Wildman–Crippen LogP) is 0.989. The van der Waals surface area contributed by atoms with Crippen LogP contribution in [0.1, 0.15) is 37.8 Å². The summed E-state index contributed by atoms with van der Waals surface area (Å²) in [6.45, 7) is 0. The molecule has 1 aliphatic carbocycles. The molecule has 7 heteroatoms. The molecule has 1 amide bonds.